The highest BCUT2D eigenvalue weighted by atomic mass is 32.2. The number of nitrogens with zero attached hydrogens (tertiary/aromatic N) is 4. The van der Waals surface area contributed by atoms with Crippen molar-refractivity contribution in [2.24, 2.45) is 21.7 Å². The van der Waals surface area contributed by atoms with Crippen LogP contribution in [0.25, 0.3) is 86.2 Å². The summed E-state index contributed by atoms with van der Waals surface area (Å²) in [5.74, 6) is -2.46. The molecule has 0 spiro atoms. The van der Waals surface area contributed by atoms with Gasteiger partial charge in [-0.15, -0.1) is 0 Å². The van der Waals surface area contributed by atoms with E-state index in [1.54, 1.807) is 37.5 Å². The predicted molar refractivity (Wildman–Crippen MR) is 575 cm³/mol. The molecule has 4 aliphatic rings. The molecule has 14 rings (SSSR count). The monoisotopic (exact) mass is 1990 g/mol. The van der Waals surface area contributed by atoms with Gasteiger partial charge >= 0.3 is 29.8 Å². The molecule has 23 nitrogen and oxygen atoms in total. The Labute approximate surface area is 855 Å². The highest BCUT2D eigenvalue weighted by Crippen LogP contribution is 2.50. The molecule has 0 radical (unpaired) electrons. The highest BCUT2D eigenvalue weighted by Gasteiger charge is 2.44. The van der Waals surface area contributed by atoms with Crippen LogP contribution in [-0.4, -0.2) is 178 Å². The molecule has 1 N–H and O–H groups in total. The third-order valence-corrected chi connectivity index (χ3v) is 32.0. The lowest BCUT2D eigenvalue weighted by Gasteiger charge is -2.35. The minimum atomic E-state index is -1.05. The molecule has 1 atom stereocenters. The zero-order valence-corrected chi connectivity index (χ0v) is 89.4. The number of aliphatic hydroxyl groups is 1. The molecular weight excluding hydrogens is 1830 g/mol. The molecular formula is C120H156N4O19S. The molecule has 10 aromatic carbocycles. The fourth-order valence-electron chi connectivity index (χ4n) is 20.6. The number of esters is 5. The van der Waals surface area contributed by atoms with Crippen molar-refractivity contribution in [3.05, 3.63) is 142 Å². The first kappa shape index (κ1) is 112. The van der Waals surface area contributed by atoms with E-state index >= 15 is 0 Å². The Hall–Kier alpha value is -11.0. The number of carbonyl (C=O) groups is 13. The summed E-state index contributed by atoms with van der Waals surface area (Å²) < 4.78 is 25.7. The molecule has 776 valence electrons. The number of thioether (sulfide) groups is 1. The standard InChI is InChI=1S/2C51H62N2O6.C18H32O7S/c2*1-6-9-11-13-17-21-33(22-18-14-12-10-7-2)53-48(56)40-29-25-36-34-23-27-38-44-39(28-24-35(42(34)44)37-26-30-41(49(53)57)45(40)43(36)37)47(55)52(46(38)54)31-19-15-16-20-32-59-50(58)51(4,5)8-3;1-7-17(2,3)16(22)25-11-13(19)10-24-14(20)8-9-26-12-18(4,5)15(21)23-6/h2*23-30,33H,6-22,31-32H2,1-5H3;13,19H,7-12H2,1-6H3. The second-order valence-electron chi connectivity index (χ2n) is 42.8. The number of benzene rings is 10. The number of hydrogen-bond donors (Lipinski definition) is 1. The minimum absolute atomic E-state index is 0.130. The molecule has 8 amide bonds. The molecule has 0 saturated carbocycles. The Balaban J connectivity index is 0.000000208. The minimum Gasteiger partial charge on any atom is -0.469 e. The first-order valence-corrected chi connectivity index (χ1v) is 55.1. The number of unbranched alkanes of at least 4 members (excludes halogenated alkanes) is 22. The van der Waals surface area contributed by atoms with Crippen molar-refractivity contribution in [2.45, 2.75) is 353 Å². The molecule has 0 fully saturated rings. The van der Waals surface area contributed by atoms with Gasteiger partial charge in [0.2, 0.25) is 0 Å². The van der Waals surface area contributed by atoms with Gasteiger partial charge in [-0.3, -0.25) is 81.9 Å². The van der Waals surface area contributed by atoms with E-state index in [0.717, 1.165) is 193 Å². The number of fused-ring (bicyclic) bond motifs is 4. The summed E-state index contributed by atoms with van der Waals surface area (Å²) in [7, 11) is 1.35. The van der Waals surface area contributed by atoms with Gasteiger partial charge in [-0.05, 0) is 252 Å². The summed E-state index contributed by atoms with van der Waals surface area (Å²) in [6.45, 7) is 30.3. The van der Waals surface area contributed by atoms with Crippen LogP contribution in [0.3, 0.4) is 0 Å². The fraction of sp³-hybridized carbons (Fsp3) is 0.558. The van der Waals surface area contributed by atoms with Crippen LogP contribution in [-0.2, 0) is 47.7 Å². The van der Waals surface area contributed by atoms with Crippen LogP contribution in [0.2, 0.25) is 0 Å². The third kappa shape index (κ3) is 24.9. The first-order chi connectivity index (χ1) is 69.1. The van der Waals surface area contributed by atoms with E-state index in [0.29, 0.717) is 123 Å². The van der Waals surface area contributed by atoms with Gasteiger partial charge in [0.15, 0.2) is 0 Å². The molecule has 0 aromatic heterocycles. The summed E-state index contributed by atoms with van der Waals surface area (Å²) in [5.41, 5.74) is 2.12. The Morgan fingerprint density at radius 1 is 0.299 bits per heavy atom. The summed E-state index contributed by atoms with van der Waals surface area (Å²) in [4.78, 5) is 180. The molecule has 0 saturated heterocycles. The number of ether oxygens (including phenoxy) is 5. The van der Waals surface area contributed by atoms with Crippen LogP contribution in [0, 0.1) is 21.7 Å². The van der Waals surface area contributed by atoms with E-state index in [1.807, 2.05) is 146 Å². The summed E-state index contributed by atoms with van der Waals surface area (Å²) in [6.07, 6.45) is 33.2. The Morgan fingerprint density at radius 3 is 0.819 bits per heavy atom. The largest absolute Gasteiger partial charge is 0.469 e. The molecule has 4 heterocycles. The topological polar surface area (TPSA) is 301 Å². The molecule has 0 aliphatic carbocycles. The summed E-state index contributed by atoms with van der Waals surface area (Å²) in [5, 5.41) is 23.2. The summed E-state index contributed by atoms with van der Waals surface area (Å²) in [6, 6.07) is 30.5. The average Bonchev–Trinajstić information content (AvgIpc) is 0.691. The number of methoxy groups -OCH3 is 1. The van der Waals surface area contributed by atoms with Crippen molar-refractivity contribution in [2.75, 3.05) is 58.1 Å². The number of hydrogen-bond acceptors (Lipinski definition) is 20. The molecule has 0 bridgehead atoms. The van der Waals surface area contributed by atoms with Crippen molar-refractivity contribution in [3.63, 3.8) is 0 Å². The zero-order chi connectivity index (χ0) is 104. The van der Waals surface area contributed by atoms with Crippen molar-refractivity contribution in [3.8, 4) is 0 Å². The third-order valence-electron chi connectivity index (χ3n) is 30.6. The lowest BCUT2D eigenvalue weighted by Crippen LogP contribution is -2.47. The summed E-state index contributed by atoms with van der Waals surface area (Å²) >= 11 is 1.45. The number of rotatable bonds is 56. The van der Waals surface area contributed by atoms with Crippen LogP contribution in [0.4, 0.5) is 0 Å². The fourth-order valence-corrected chi connectivity index (χ4v) is 21.7. The van der Waals surface area contributed by atoms with E-state index in [1.165, 1.54) is 106 Å². The maximum absolute atomic E-state index is 14.5. The quantitative estimate of drug-likeness (QED) is 0.00924. The molecule has 1 unspecified atom stereocenters. The van der Waals surface area contributed by atoms with Crippen LogP contribution in [0.5, 0.6) is 0 Å². The Kier molecular flexibility index (Phi) is 39.5. The van der Waals surface area contributed by atoms with Crippen LogP contribution in [0.1, 0.15) is 418 Å². The Bertz CT molecular complexity index is 5720. The van der Waals surface area contributed by atoms with Gasteiger partial charge in [0.1, 0.15) is 19.3 Å². The number of imide groups is 4. The zero-order valence-electron chi connectivity index (χ0n) is 88.6. The molecule has 24 heteroatoms. The van der Waals surface area contributed by atoms with Crippen LogP contribution < -0.4 is 0 Å². The normalized spacial score (nSPS) is 14.2. The second kappa shape index (κ2) is 50.9. The number of amides is 8. The van der Waals surface area contributed by atoms with Crippen LogP contribution >= 0.6 is 11.8 Å². The second-order valence-corrected chi connectivity index (χ2v) is 43.9. The first-order valence-electron chi connectivity index (χ1n) is 54.0. The molecule has 10 aromatic rings. The van der Waals surface area contributed by atoms with E-state index < -0.39 is 39.7 Å². The van der Waals surface area contributed by atoms with Gasteiger partial charge in [-0.2, -0.15) is 11.8 Å². The van der Waals surface area contributed by atoms with E-state index in [2.05, 4.69) is 27.7 Å². The predicted octanol–water partition coefficient (Wildman–Crippen LogP) is 27.3. The SMILES string of the molecule is CCC(C)(C)C(=O)OCC(O)COC(=O)CCSCC(C)(C)C(=O)OC.CCCCCCCC(CCCCCCC)N1C(=O)c2ccc3c4ccc5c6c(ccc(c7ccc(c2c37)C1=O)c64)C(=O)N(CCCCCCOC(=O)C(C)(C)CC)C5=O.CCCCCCCC(CCCCCCC)N1C(=O)c2ccc3c4ccc5c6c(ccc(c7ccc(c2c37)C1=O)c64)C(=O)N(CCCCCCOC(=O)C(C)(C)CC)C5=O. The van der Waals surface area contributed by atoms with Gasteiger partial charge in [0, 0.05) is 103 Å². The van der Waals surface area contributed by atoms with Gasteiger partial charge in [0.25, 0.3) is 47.3 Å². The smallest absolute Gasteiger partial charge is 0.312 e. The lowest BCUT2D eigenvalue weighted by atomic mass is 9.82. The van der Waals surface area contributed by atoms with Gasteiger partial charge < -0.3 is 28.8 Å². The van der Waals surface area contributed by atoms with Crippen LogP contribution in [0.15, 0.2) is 97.1 Å². The highest BCUT2D eigenvalue weighted by molar-refractivity contribution is 7.99. The Morgan fingerprint density at radius 2 is 0.549 bits per heavy atom. The van der Waals surface area contributed by atoms with Crippen molar-refractivity contribution < 1.29 is 91.1 Å². The maximum atomic E-state index is 14.5. The van der Waals surface area contributed by atoms with Gasteiger partial charge in [-0.25, -0.2) is 0 Å². The van der Waals surface area contributed by atoms with Crippen molar-refractivity contribution in [1.29, 1.82) is 0 Å². The average molecular weight is 1990 g/mol. The van der Waals surface area contributed by atoms with Crippen molar-refractivity contribution >= 4 is 175 Å². The van der Waals surface area contributed by atoms with E-state index in [4.69, 9.17) is 23.7 Å². The molecule has 4 aliphatic heterocycles. The number of aliphatic hydroxyl groups excluding tert-OH is 1. The van der Waals surface area contributed by atoms with Gasteiger partial charge in [-0.1, -0.05) is 238 Å². The van der Waals surface area contributed by atoms with Gasteiger partial charge in [0.05, 0.1) is 48.4 Å². The van der Waals surface area contributed by atoms with E-state index in [-0.39, 0.29) is 96.9 Å². The van der Waals surface area contributed by atoms with Crippen molar-refractivity contribution in [1.82, 2.24) is 19.6 Å². The molecule has 144 heavy (non-hydrogen) atoms. The number of carbonyl (C=O) groups excluding carboxylic acids is 13. The van der Waals surface area contributed by atoms with E-state index in [9.17, 15) is 67.4 Å². The maximum Gasteiger partial charge on any atom is 0.312 e. The lowest BCUT2D eigenvalue weighted by molar-refractivity contribution is -0.160.